The summed E-state index contributed by atoms with van der Waals surface area (Å²) in [7, 11) is 0. The topological polar surface area (TPSA) is 13.1 Å². The van der Waals surface area contributed by atoms with Gasteiger partial charge < -0.3 is 4.42 Å². The summed E-state index contributed by atoms with van der Waals surface area (Å²) in [5.74, 6) is 0. The fourth-order valence-corrected chi connectivity index (χ4v) is 7.86. The Balaban J connectivity index is 1.33. The number of fused-ring (bicyclic) bond motifs is 6. The zero-order valence-corrected chi connectivity index (χ0v) is 26.7. The average Bonchev–Trinajstić information content (AvgIpc) is 3.54. The molecule has 0 N–H and O–H groups in total. The van der Waals surface area contributed by atoms with Crippen molar-refractivity contribution in [2.75, 3.05) is 0 Å². The van der Waals surface area contributed by atoms with Gasteiger partial charge in [-0.15, -0.1) is 0 Å². The summed E-state index contributed by atoms with van der Waals surface area (Å²) in [5.41, 5.74) is 11.6. The van der Waals surface area contributed by atoms with E-state index >= 15 is 0 Å². The minimum absolute atomic E-state index is 0.905. The Morgan fingerprint density at radius 1 is 0.286 bits per heavy atom. The lowest BCUT2D eigenvalue weighted by atomic mass is 9.82. The minimum Gasteiger partial charge on any atom is -0.456 e. The van der Waals surface area contributed by atoms with Crippen molar-refractivity contribution in [2.45, 2.75) is 0 Å². The van der Waals surface area contributed by atoms with E-state index < -0.39 is 0 Å². The maximum Gasteiger partial charge on any atom is 0.136 e. The van der Waals surface area contributed by atoms with E-state index in [1.807, 2.05) is 0 Å². The standard InChI is InChI=1S/C48H30O/c1-3-14-31(15-4-1)35-26-27-36(32-16-5-2-6-17-32)42(28-35)47-39-22-11-9-20-37(39)46(38-21-10-12-23-40(38)47)41-24-13-25-44-48(41)43-29-33-18-7-8-19-34(33)30-45(43)49-44/h1-30H. The molecule has 49 heavy (non-hydrogen) atoms. The van der Waals surface area contributed by atoms with Crippen LogP contribution in [-0.4, -0.2) is 0 Å². The van der Waals surface area contributed by atoms with Crippen LogP contribution in [0.4, 0.5) is 0 Å². The first-order chi connectivity index (χ1) is 24.3. The highest BCUT2D eigenvalue weighted by molar-refractivity contribution is 6.26. The fraction of sp³-hybridized carbons (Fsp3) is 0. The van der Waals surface area contributed by atoms with E-state index in [4.69, 9.17) is 4.42 Å². The first kappa shape index (κ1) is 27.7. The Morgan fingerprint density at radius 3 is 1.49 bits per heavy atom. The predicted octanol–water partition coefficient (Wildman–Crippen LogP) is 13.7. The smallest absolute Gasteiger partial charge is 0.136 e. The van der Waals surface area contributed by atoms with Crippen molar-refractivity contribution >= 4 is 54.3 Å². The molecule has 1 aromatic heterocycles. The van der Waals surface area contributed by atoms with Gasteiger partial charge in [-0.05, 0) is 101 Å². The molecule has 0 radical (unpaired) electrons. The highest BCUT2D eigenvalue weighted by atomic mass is 16.3. The van der Waals surface area contributed by atoms with Gasteiger partial charge in [0.25, 0.3) is 0 Å². The Kier molecular flexibility index (Phi) is 6.25. The maximum absolute atomic E-state index is 6.56. The van der Waals surface area contributed by atoms with Gasteiger partial charge in [0.15, 0.2) is 0 Å². The molecular weight excluding hydrogens is 593 g/mol. The molecule has 9 aromatic carbocycles. The van der Waals surface area contributed by atoms with Gasteiger partial charge in [0.2, 0.25) is 0 Å². The number of furan rings is 1. The first-order valence-electron chi connectivity index (χ1n) is 16.8. The second-order valence-electron chi connectivity index (χ2n) is 12.8. The lowest BCUT2D eigenvalue weighted by Crippen LogP contribution is -1.94. The van der Waals surface area contributed by atoms with Crippen LogP contribution in [0.25, 0.3) is 98.8 Å². The Hall–Kier alpha value is -6.44. The molecule has 1 nitrogen and oxygen atoms in total. The van der Waals surface area contributed by atoms with Gasteiger partial charge in [-0.3, -0.25) is 0 Å². The Bertz CT molecular complexity index is 2800. The van der Waals surface area contributed by atoms with E-state index in [1.54, 1.807) is 0 Å². The fourth-order valence-electron chi connectivity index (χ4n) is 7.86. The van der Waals surface area contributed by atoms with Gasteiger partial charge in [-0.2, -0.15) is 0 Å². The number of hydrogen-bond donors (Lipinski definition) is 0. The highest BCUT2D eigenvalue weighted by Crippen LogP contribution is 2.49. The summed E-state index contributed by atoms with van der Waals surface area (Å²) in [5, 5.41) is 9.60. The molecule has 0 fully saturated rings. The van der Waals surface area contributed by atoms with Crippen molar-refractivity contribution in [3.63, 3.8) is 0 Å². The highest BCUT2D eigenvalue weighted by Gasteiger charge is 2.22. The molecule has 0 aliphatic rings. The van der Waals surface area contributed by atoms with Crippen LogP contribution >= 0.6 is 0 Å². The van der Waals surface area contributed by atoms with Crippen molar-refractivity contribution in [3.05, 3.63) is 182 Å². The zero-order chi connectivity index (χ0) is 32.3. The first-order valence-corrected chi connectivity index (χ1v) is 16.8. The molecule has 10 aromatic rings. The van der Waals surface area contributed by atoms with Crippen LogP contribution in [0.15, 0.2) is 186 Å². The van der Waals surface area contributed by atoms with Crippen molar-refractivity contribution in [3.8, 4) is 44.5 Å². The SMILES string of the molecule is c1ccc(-c2ccc(-c3ccccc3)c(-c3c4ccccc4c(-c4cccc5oc6cc7ccccc7cc6c45)c4ccccc34)c2)cc1. The van der Waals surface area contributed by atoms with Crippen LogP contribution in [0.1, 0.15) is 0 Å². The summed E-state index contributed by atoms with van der Waals surface area (Å²) in [6, 6.07) is 65.8. The van der Waals surface area contributed by atoms with Gasteiger partial charge in [-0.1, -0.05) is 158 Å². The Morgan fingerprint density at radius 2 is 0.837 bits per heavy atom. The normalized spacial score (nSPS) is 11.7. The molecule has 0 aliphatic carbocycles. The summed E-state index contributed by atoms with van der Waals surface area (Å²) in [4.78, 5) is 0. The van der Waals surface area contributed by atoms with Crippen molar-refractivity contribution < 1.29 is 4.42 Å². The molecule has 0 aliphatic heterocycles. The lowest BCUT2D eigenvalue weighted by molar-refractivity contribution is 0.669. The molecule has 0 bridgehead atoms. The van der Waals surface area contributed by atoms with E-state index in [9.17, 15) is 0 Å². The van der Waals surface area contributed by atoms with E-state index in [-0.39, 0.29) is 0 Å². The van der Waals surface area contributed by atoms with E-state index in [0.717, 1.165) is 21.9 Å². The van der Waals surface area contributed by atoms with E-state index in [0.29, 0.717) is 0 Å². The second kappa shape index (κ2) is 11.1. The molecule has 10 rings (SSSR count). The van der Waals surface area contributed by atoms with Crippen LogP contribution < -0.4 is 0 Å². The largest absolute Gasteiger partial charge is 0.456 e. The summed E-state index contributed by atoms with van der Waals surface area (Å²) in [6.07, 6.45) is 0. The number of rotatable bonds is 4. The lowest BCUT2D eigenvalue weighted by Gasteiger charge is -2.21. The molecule has 0 atom stereocenters. The number of hydrogen-bond acceptors (Lipinski definition) is 1. The molecule has 0 unspecified atom stereocenters. The minimum atomic E-state index is 0.905. The molecule has 228 valence electrons. The predicted molar refractivity (Wildman–Crippen MR) is 208 cm³/mol. The molecule has 0 saturated carbocycles. The quantitative estimate of drug-likeness (QED) is 0.178. The molecule has 0 saturated heterocycles. The van der Waals surface area contributed by atoms with Gasteiger partial charge in [0.05, 0.1) is 0 Å². The van der Waals surface area contributed by atoms with Gasteiger partial charge >= 0.3 is 0 Å². The monoisotopic (exact) mass is 622 g/mol. The summed E-state index contributed by atoms with van der Waals surface area (Å²) >= 11 is 0. The van der Waals surface area contributed by atoms with Crippen molar-refractivity contribution in [1.29, 1.82) is 0 Å². The third kappa shape index (κ3) is 4.40. The van der Waals surface area contributed by atoms with E-state index in [1.165, 1.54) is 76.8 Å². The van der Waals surface area contributed by atoms with Gasteiger partial charge in [0, 0.05) is 10.8 Å². The van der Waals surface area contributed by atoms with Gasteiger partial charge in [0.1, 0.15) is 11.2 Å². The third-order valence-corrected chi connectivity index (χ3v) is 10.0. The van der Waals surface area contributed by atoms with E-state index in [2.05, 4.69) is 182 Å². The molecule has 0 spiro atoms. The summed E-state index contributed by atoms with van der Waals surface area (Å²) in [6.45, 7) is 0. The number of benzene rings is 9. The maximum atomic E-state index is 6.56. The Labute approximate surface area is 284 Å². The summed E-state index contributed by atoms with van der Waals surface area (Å²) < 4.78 is 6.56. The molecule has 1 heterocycles. The van der Waals surface area contributed by atoms with Crippen LogP contribution in [0.2, 0.25) is 0 Å². The zero-order valence-electron chi connectivity index (χ0n) is 26.7. The average molecular weight is 623 g/mol. The van der Waals surface area contributed by atoms with Crippen molar-refractivity contribution in [2.24, 2.45) is 0 Å². The van der Waals surface area contributed by atoms with Crippen LogP contribution in [0.3, 0.4) is 0 Å². The molecular formula is C48H30O. The van der Waals surface area contributed by atoms with Crippen LogP contribution in [0.5, 0.6) is 0 Å². The van der Waals surface area contributed by atoms with Crippen LogP contribution in [-0.2, 0) is 0 Å². The van der Waals surface area contributed by atoms with Crippen molar-refractivity contribution in [1.82, 2.24) is 0 Å². The second-order valence-corrected chi connectivity index (χ2v) is 12.8. The molecule has 0 amide bonds. The third-order valence-electron chi connectivity index (χ3n) is 10.0. The molecule has 1 heteroatoms. The van der Waals surface area contributed by atoms with Crippen LogP contribution in [0, 0.1) is 0 Å². The van der Waals surface area contributed by atoms with Gasteiger partial charge in [-0.25, -0.2) is 0 Å².